The van der Waals surface area contributed by atoms with Gasteiger partial charge in [0.25, 0.3) is 0 Å². The highest BCUT2D eigenvalue weighted by atomic mass is 79.9. The number of benzene rings is 2. The number of anilines is 1. The van der Waals surface area contributed by atoms with Crippen LogP contribution in [0, 0.1) is 6.92 Å². The van der Waals surface area contributed by atoms with E-state index < -0.39 is 0 Å². The second-order valence-corrected chi connectivity index (χ2v) is 5.86. The van der Waals surface area contributed by atoms with Gasteiger partial charge in [0.2, 0.25) is 0 Å². The van der Waals surface area contributed by atoms with Crippen molar-refractivity contribution in [3.63, 3.8) is 0 Å². The highest BCUT2D eigenvalue weighted by Gasteiger charge is 2.22. The predicted octanol–water partition coefficient (Wildman–Crippen LogP) is 4.17. The summed E-state index contributed by atoms with van der Waals surface area (Å²) in [5, 5.41) is 3.44. The van der Waals surface area contributed by atoms with Crippen molar-refractivity contribution < 1.29 is 4.74 Å². The maximum Gasteiger partial charge on any atom is 0.123 e. The Hall–Kier alpha value is -1.48. The number of rotatable bonds is 3. The summed E-state index contributed by atoms with van der Waals surface area (Å²) < 4.78 is 7.04. The normalized spacial score (nSPS) is 16.8. The Balaban J connectivity index is 1.62. The van der Waals surface area contributed by atoms with Crippen molar-refractivity contribution in [3.8, 4) is 5.75 Å². The summed E-state index contributed by atoms with van der Waals surface area (Å²) >= 11 is 3.50. The van der Waals surface area contributed by atoms with Gasteiger partial charge >= 0.3 is 0 Å². The van der Waals surface area contributed by atoms with Gasteiger partial charge in [-0.2, -0.15) is 0 Å². The second kappa shape index (κ2) is 5.25. The van der Waals surface area contributed by atoms with E-state index in [9.17, 15) is 0 Å². The van der Waals surface area contributed by atoms with Gasteiger partial charge in [0.15, 0.2) is 0 Å². The summed E-state index contributed by atoms with van der Waals surface area (Å²) in [4.78, 5) is 0. The molecule has 98 valence electrons. The first-order chi connectivity index (χ1) is 9.20. The van der Waals surface area contributed by atoms with Crippen LogP contribution < -0.4 is 10.1 Å². The van der Waals surface area contributed by atoms with Crippen LogP contribution in [-0.2, 0) is 6.42 Å². The predicted molar refractivity (Wildman–Crippen MR) is 81.9 cm³/mol. The SMILES string of the molecule is Cc1cccc(NCC2Cc3cc(Br)ccc3O2)c1. The maximum atomic E-state index is 5.93. The monoisotopic (exact) mass is 317 g/mol. The van der Waals surface area contributed by atoms with Gasteiger partial charge < -0.3 is 10.1 Å². The van der Waals surface area contributed by atoms with E-state index in [4.69, 9.17) is 4.74 Å². The lowest BCUT2D eigenvalue weighted by molar-refractivity contribution is 0.246. The molecule has 1 aliphatic rings. The van der Waals surface area contributed by atoms with Crippen LogP contribution in [-0.4, -0.2) is 12.6 Å². The van der Waals surface area contributed by atoms with Crippen LogP contribution in [0.25, 0.3) is 0 Å². The zero-order valence-corrected chi connectivity index (χ0v) is 12.4. The van der Waals surface area contributed by atoms with Gasteiger partial charge in [-0.05, 0) is 48.4 Å². The third-order valence-corrected chi connectivity index (χ3v) is 3.81. The molecule has 3 heteroatoms. The van der Waals surface area contributed by atoms with E-state index in [0.717, 1.165) is 28.9 Å². The molecule has 19 heavy (non-hydrogen) atoms. The van der Waals surface area contributed by atoms with E-state index in [1.54, 1.807) is 0 Å². The van der Waals surface area contributed by atoms with Crippen LogP contribution in [0.4, 0.5) is 5.69 Å². The number of nitrogens with one attached hydrogen (secondary N) is 1. The first kappa shape index (κ1) is 12.5. The third-order valence-electron chi connectivity index (χ3n) is 3.32. The van der Waals surface area contributed by atoms with Gasteiger partial charge in [-0.25, -0.2) is 0 Å². The molecule has 1 unspecified atom stereocenters. The fraction of sp³-hybridized carbons (Fsp3) is 0.250. The summed E-state index contributed by atoms with van der Waals surface area (Å²) in [6.07, 6.45) is 1.18. The lowest BCUT2D eigenvalue weighted by Gasteiger charge is -2.13. The first-order valence-corrected chi connectivity index (χ1v) is 7.25. The lowest BCUT2D eigenvalue weighted by Crippen LogP contribution is -2.23. The molecule has 2 aromatic carbocycles. The Morgan fingerprint density at radius 3 is 3.00 bits per heavy atom. The quantitative estimate of drug-likeness (QED) is 0.917. The number of fused-ring (bicyclic) bond motifs is 1. The molecule has 1 atom stereocenters. The van der Waals surface area contributed by atoms with Crippen LogP contribution >= 0.6 is 15.9 Å². The number of hydrogen-bond donors (Lipinski definition) is 1. The van der Waals surface area contributed by atoms with Crippen molar-refractivity contribution in [2.75, 3.05) is 11.9 Å². The fourth-order valence-corrected chi connectivity index (χ4v) is 2.80. The van der Waals surface area contributed by atoms with Crippen LogP contribution in [0.5, 0.6) is 5.75 Å². The Bertz CT molecular complexity index is 597. The summed E-state index contributed by atoms with van der Waals surface area (Å²) in [5.41, 5.74) is 3.70. The Morgan fingerprint density at radius 1 is 1.26 bits per heavy atom. The minimum Gasteiger partial charge on any atom is -0.488 e. The van der Waals surface area contributed by atoms with Crippen LogP contribution in [0.15, 0.2) is 46.9 Å². The second-order valence-electron chi connectivity index (χ2n) is 4.95. The summed E-state index contributed by atoms with van der Waals surface area (Å²) in [7, 11) is 0. The minimum atomic E-state index is 0.213. The summed E-state index contributed by atoms with van der Waals surface area (Å²) in [5.74, 6) is 1.01. The lowest BCUT2D eigenvalue weighted by atomic mass is 10.1. The molecule has 2 nitrogen and oxygen atoms in total. The van der Waals surface area contributed by atoms with Gasteiger partial charge in [-0.3, -0.25) is 0 Å². The minimum absolute atomic E-state index is 0.213. The Kier molecular flexibility index (Phi) is 3.47. The molecule has 0 saturated heterocycles. The molecule has 2 aromatic rings. The van der Waals surface area contributed by atoms with Crippen molar-refractivity contribution in [1.82, 2.24) is 0 Å². The van der Waals surface area contributed by atoms with Crippen molar-refractivity contribution in [2.45, 2.75) is 19.4 Å². The number of hydrogen-bond acceptors (Lipinski definition) is 2. The van der Waals surface area contributed by atoms with Crippen LogP contribution in [0.1, 0.15) is 11.1 Å². The molecule has 0 radical (unpaired) electrons. The van der Waals surface area contributed by atoms with E-state index in [0.29, 0.717) is 0 Å². The largest absolute Gasteiger partial charge is 0.488 e. The molecule has 1 heterocycles. The average molecular weight is 318 g/mol. The van der Waals surface area contributed by atoms with E-state index in [2.05, 4.69) is 58.5 Å². The molecule has 0 amide bonds. The molecule has 0 aliphatic carbocycles. The van der Waals surface area contributed by atoms with Crippen molar-refractivity contribution in [3.05, 3.63) is 58.1 Å². The molecule has 1 aliphatic heterocycles. The van der Waals surface area contributed by atoms with Gasteiger partial charge in [0, 0.05) is 16.6 Å². The van der Waals surface area contributed by atoms with E-state index in [1.807, 2.05) is 12.1 Å². The van der Waals surface area contributed by atoms with Gasteiger partial charge in [0.1, 0.15) is 11.9 Å². The molecule has 0 aromatic heterocycles. The van der Waals surface area contributed by atoms with E-state index >= 15 is 0 Å². The zero-order valence-electron chi connectivity index (χ0n) is 10.8. The van der Waals surface area contributed by atoms with E-state index in [-0.39, 0.29) is 6.10 Å². The van der Waals surface area contributed by atoms with Crippen LogP contribution in [0.2, 0.25) is 0 Å². The van der Waals surface area contributed by atoms with E-state index in [1.165, 1.54) is 11.1 Å². The smallest absolute Gasteiger partial charge is 0.123 e. The van der Waals surface area contributed by atoms with Crippen molar-refractivity contribution >= 4 is 21.6 Å². The summed E-state index contributed by atoms with van der Waals surface area (Å²) in [6.45, 7) is 2.93. The first-order valence-electron chi connectivity index (χ1n) is 6.46. The number of ether oxygens (including phenoxy) is 1. The fourth-order valence-electron chi connectivity index (χ4n) is 2.39. The average Bonchev–Trinajstić information content (AvgIpc) is 2.78. The topological polar surface area (TPSA) is 21.3 Å². The van der Waals surface area contributed by atoms with Gasteiger partial charge in [-0.1, -0.05) is 28.1 Å². The molecule has 0 bridgehead atoms. The maximum absolute atomic E-state index is 5.93. The standard InChI is InChI=1S/C16H16BrNO/c1-11-3-2-4-14(7-11)18-10-15-9-12-8-13(17)5-6-16(12)19-15/h2-8,15,18H,9-10H2,1H3. The Labute approximate surface area is 121 Å². The third kappa shape index (κ3) is 2.92. The van der Waals surface area contributed by atoms with Gasteiger partial charge in [0.05, 0.1) is 6.54 Å². The van der Waals surface area contributed by atoms with Crippen LogP contribution in [0.3, 0.4) is 0 Å². The molecular weight excluding hydrogens is 302 g/mol. The Morgan fingerprint density at radius 2 is 2.16 bits per heavy atom. The molecule has 0 spiro atoms. The van der Waals surface area contributed by atoms with Crippen molar-refractivity contribution in [2.24, 2.45) is 0 Å². The number of aryl methyl sites for hydroxylation is 1. The number of halogens is 1. The highest BCUT2D eigenvalue weighted by molar-refractivity contribution is 9.10. The highest BCUT2D eigenvalue weighted by Crippen LogP contribution is 2.31. The zero-order chi connectivity index (χ0) is 13.2. The molecular formula is C16H16BrNO. The van der Waals surface area contributed by atoms with Gasteiger partial charge in [-0.15, -0.1) is 0 Å². The molecule has 0 fully saturated rings. The van der Waals surface area contributed by atoms with Crippen molar-refractivity contribution in [1.29, 1.82) is 0 Å². The molecule has 3 rings (SSSR count). The molecule has 0 saturated carbocycles. The molecule has 1 N–H and O–H groups in total. The summed E-state index contributed by atoms with van der Waals surface area (Å²) in [6, 6.07) is 14.6.